The minimum atomic E-state index is -4.56. The Morgan fingerprint density at radius 1 is 1.33 bits per heavy atom. The van der Waals surface area contributed by atoms with Gasteiger partial charge < -0.3 is 4.74 Å². The number of aromatic nitrogens is 1. The van der Waals surface area contributed by atoms with Crippen molar-refractivity contribution in [1.29, 1.82) is 0 Å². The van der Waals surface area contributed by atoms with E-state index in [1.807, 2.05) is 0 Å². The van der Waals surface area contributed by atoms with Crippen molar-refractivity contribution in [2.45, 2.75) is 32.5 Å². The summed E-state index contributed by atoms with van der Waals surface area (Å²) in [6.07, 6.45) is -2.58. The summed E-state index contributed by atoms with van der Waals surface area (Å²) in [5, 5.41) is 0. The molecule has 1 aromatic heterocycles. The molecule has 0 bridgehead atoms. The molecule has 0 N–H and O–H groups in total. The van der Waals surface area contributed by atoms with Gasteiger partial charge in [-0.2, -0.15) is 22.8 Å². The molecule has 132 valence electrons. The predicted octanol–water partition coefficient (Wildman–Crippen LogP) is 3.44. The highest BCUT2D eigenvalue weighted by atomic mass is 19.4. The van der Waals surface area contributed by atoms with Crippen molar-refractivity contribution in [3.8, 4) is 0 Å². The molecule has 0 radical (unpaired) electrons. The molecule has 1 heterocycles. The second-order valence-electron chi connectivity index (χ2n) is 5.42. The fourth-order valence-electron chi connectivity index (χ4n) is 1.41. The van der Waals surface area contributed by atoms with E-state index in [9.17, 15) is 18.0 Å². The van der Waals surface area contributed by atoms with Crippen molar-refractivity contribution < 1.29 is 32.3 Å². The summed E-state index contributed by atoms with van der Waals surface area (Å²) in [4.78, 5) is 32.5. The summed E-state index contributed by atoms with van der Waals surface area (Å²) in [7, 11) is 0. The lowest BCUT2D eigenvalue weighted by Gasteiger charge is -2.27. The molecule has 0 fully saturated rings. The zero-order valence-corrected chi connectivity index (χ0v) is 13.4. The number of amides is 1. The number of pyridine rings is 1. The number of rotatable bonds is 3. The topological polar surface area (TPSA) is 76.6 Å². The average Bonchev–Trinajstić information content (AvgIpc) is 2.43. The molecule has 9 heteroatoms. The van der Waals surface area contributed by atoms with Crippen LogP contribution in [-0.2, 0) is 14.3 Å². The van der Waals surface area contributed by atoms with E-state index in [0.717, 1.165) is 0 Å². The Labute approximate surface area is 136 Å². The van der Waals surface area contributed by atoms with Crippen molar-refractivity contribution in [1.82, 2.24) is 4.98 Å². The molecule has 0 saturated carbocycles. The van der Waals surface area contributed by atoms with Crippen LogP contribution in [0.4, 0.5) is 23.8 Å². The van der Waals surface area contributed by atoms with Crippen LogP contribution in [0.5, 0.6) is 0 Å². The Morgan fingerprint density at radius 3 is 2.21 bits per heavy atom. The maximum atomic E-state index is 12.6. The van der Waals surface area contributed by atoms with Gasteiger partial charge in [0, 0.05) is 6.20 Å². The zero-order chi connectivity index (χ0) is 19.0. The van der Waals surface area contributed by atoms with Crippen LogP contribution in [0.25, 0.3) is 6.08 Å². The number of nitrogens with zero attached hydrogens (tertiary/aromatic N) is 2. The second kappa shape index (κ2) is 8.83. The predicted molar refractivity (Wildman–Crippen MR) is 79.0 cm³/mol. The van der Waals surface area contributed by atoms with Gasteiger partial charge in [-0.15, -0.1) is 0 Å². The van der Waals surface area contributed by atoms with E-state index in [1.54, 1.807) is 20.8 Å². The van der Waals surface area contributed by atoms with Crippen LogP contribution >= 0.6 is 0 Å². The van der Waals surface area contributed by atoms with Gasteiger partial charge in [-0.25, -0.2) is 9.78 Å². The van der Waals surface area contributed by atoms with E-state index >= 15 is 0 Å². The maximum absolute atomic E-state index is 12.6. The van der Waals surface area contributed by atoms with Gasteiger partial charge in [0.05, 0.1) is 0 Å². The fraction of sp³-hybridized carbons (Fsp3) is 0.400. The minimum Gasteiger partial charge on any atom is -0.443 e. The Bertz CT molecular complexity index is 586. The van der Waals surface area contributed by atoms with Crippen LogP contribution in [0.2, 0.25) is 0 Å². The number of carbonyl (C=O) groups excluding carboxylic acids is 3. The van der Waals surface area contributed by atoms with Gasteiger partial charge in [-0.05, 0) is 38.5 Å². The van der Waals surface area contributed by atoms with Crippen LogP contribution in [-0.4, -0.2) is 35.6 Å². The number of halogens is 3. The molecule has 1 aromatic rings. The van der Waals surface area contributed by atoms with Crippen molar-refractivity contribution in [3.05, 3.63) is 30.5 Å². The van der Waals surface area contributed by atoms with Crippen molar-refractivity contribution in [2.75, 3.05) is 11.4 Å². The summed E-state index contributed by atoms with van der Waals surface area (Å²) in [5.74, 6) is -0.132. The molecule has 0 saturated heterocycles. The molecule has 0 atom stereocenters. The average molecular weight is 346 g/mol. The highest BCUT2D eigenvalue weighted by Gasteiger charge is 2.36. The standard InChI is InChI=1S/C14H17F3N2O2.CO2/c1-5-10-6-7-11(18-8-10)19(9-14(15,16)17)12(20)21-13(2,3)4;2-1-3/h5-8H,1,9H2,2-4H3;. The van der Waals surface area contributed by atoms with E-state index < -0.39 is 24.4 Å². The van der Waals surface area contributed by atoms with Crippen LogP contribution in [0.3, 0.4) is 0 Å². The van der Waals surface area contributed by atoms with E-state index in [0.29, 0.717) is 10.5 Å². The van der Waals surface area contributed by atoms with E-state index in [2.05, 4.69) is 11.6 Å². The van der Waals surface area contributed by atoms with Gasteiger partial charge in [-0.3, -0.25) is 4.90 Å². The molecule has 0 aliphatic rings. The summed E-state index contributed by atoms with van der Waals surface area (Å²) in [6.45, 7) is 6.78. The first-order valence-electron chi connectivity index (χ1n) is 6.58. The Morgan fingerprint density at radius 2 is 1.88 bits per heavy atom. The number of alkyl halides is 3. The zero-order valence-electron chi connectivity index (χ0n) is 13.4. The van der Waals surface area contributed by atoms with Crippen molar-refractivity contribution in [2.24, 2.45) is 0 Å². The van der Waals surface area contributed by atoms with Crippen LogP contribution in [0.1, 0.15) is 26.3 Å². The lowest BCUT2D eigenvalue weighted by atomic mass is 10.2. The highest BCUT2D eigenvalue weighted by molar-refractivity contribution is 5.86. The normalized spacial score (nSPS) is 10.8. The lowest BCUT2D eigenvalue weighted by molar-refractivity contribution is -0.191. The maximum Gasteiger partial charge on any atom is 0.416 e. The summed E-state index contributed by atoms with van der Waals surface area (Å²) < 4.78 is 42.9. The number of ether oxygens (including phenoxy) is 1. The molecular formula is C15H17F3N2O4. The number of carbonyl (C=O) groups is 1. The van der Waals surface area contributed by atoms with Crippen LogP contribution < -0.4 is 4.90 Å². The van der Waals surface area contributed by atoms with Crippen molar-refractivity contribution >= 4 is 24.1 Å². The Balaban J connectivity index is 0.00000163. The molecule has 0 aliphatic carbocycles. The van der Waals surface area contributed by atoms with E-state index in [-0.39, 0.29) is 12.0 Å². The highest BCUT2D eigenvalue weighted by Crippen LogP contribution is 2.23. The molecule has 0 unspecified atom stereocenters. The van der Waals surface area contributed by atoms with Crippen LogP contribution in [0.15, 0.2) is 24.9 Å². The molecule has 6 nitrogen and oxygen atoms in total. The summed E-state index contributed by atoms with van der Waals surface area (Å²) >= 11 is 0. The van der Waals surface area contributed by atoms with Gasteiger partial charge in [0.1, 0.15) is 18.0 Å². The lowest BCUT2D eigenvalue weighted by Crippen LogP contribution is -2.42. The largest absolute Gasteiger partial charge is 0.443 e. The SMILES string of the molecule is C=Cc1ccc(N(CC(F)(F)F)C(=O)OC(C)(C)C)nc1.O=C=O. The number of hydrogen-bond acceptors (Lipinski definition) is 5. The first kappa shape index (κ1) is 21.3. The van der Waals surface area contributed by atoms with Gasteiger partial charge in [-0.1, -0.05) is 12.7 Å². The van der Waals surface area contributed by atoms with Gasteiger partial charge in [0.15, 0.2) is 0 Å². The smallest absolute Gasteiger partial charge is 0.416 e. The summed E-state index contributed by atoms with van der Waals surface area (Å²) in [5.41, 5.74) is -0.267. The molecular weight excluding hydrogens is 329 g/mol. The quantitative estimate of drug-likeness (QED) is 0.838. The Kier molecular flexibility index (Phi) is 7.85. The molecule has 24 heavy (non-hydrogen) atoms. The third-order valence-electron chi connectivity index (χ3n) is 2.23. The second-order valence-corrected chi connectivity index (χ2v) is 5.42. The molecule has 0 aliphatic heterocycles. The third-order valence-corrected chi connectivity index (χ3v) is 2.23. The summed E-state index contributed by atoms with van der Waals surface area (Å²) in [6, 6.07) is 2.83. The number of hydrogen-bond donors (Lipinski definition) is 0. The van der Waals surface area contributed by atoms with E-state index in [4.69, 9.17) is 14.3 Å². The number of anilines is 1. The van der Waals surface area contributed by atoms with Gasteiger partial charge >= 0.3 is 18.4 Å². The van der Waals surface area contributed by atoms with E-state index in [1.165, 1.54) is 24.4 Å². The van der Waals surface area contributed by atoms with Crippen molar-refractivity contribution in [3.63, 3.8) is 0 Å². The first-order chi connectivity index (χ1) is 10.9. The molecule has 1 rings (SSSR count). The van der Waals surface area contributed by atoms with Crippen LogP contribution in [0, 0.1) is 0 Å². The van der Waals surface area contributed by atoms with Gasteiger partial charge in [0.25, 0.3) is 0 Å². The molecule has 1 amide bonds. The molecule has 0 spiro atoms. The first-order valence-corrected chi connectivity index (χ1v) is 6.58. The monoisotopic (exact) mass is 346 g/mol. The third kappa shape index (κ3) is 8.70. The Hall–Kier alpha value is -2.67. The molecule has 0 aromatic carbocycles. The van der Waals surface area contributed by atoms with Gasteiger partial charge in [0.2, 0.25) is 0 Å². The fourth-order valence-corrected chi connectivity index (χ4v) is 1.41. The minimum absolute atomic E-state index is 0.132.